The molecule has 2 fully saturated rings. The van der Waals surface area contributed by atoms with E-state index in [0.29, 0.717) is 30.6 Å². The highest BCUT2D eigenvalue weighted by molar-refractivity contribution is 7.91. The molecule has 0 radical (unpaired) electrons. The van der Waals surface area contributed by atoms with E-state index in [9.17, 15) is 13.2 Å². The van der Waals surface area contributed by atoms with Crippen molar-refractivity contribution in [1.29, 1.82) is 0 Å². The molecule has 0 saturated carbocycles. The summed E-state index contributed by atoms with van der Waals surface area (Å²) in [4.78, 5) is 20.5. The smallest absolute Gasteiger partial charge is 0.246 e. The van der Waals surface area contributed by atoms with E-state index in [1.54, 1.807) is 24.5 Å². The third-order valence-corrected chi connectivity index (χ3v) is 6.48. The van der Waals surface area contributed by atoms with E-state index in [1.807, 2.05) is 17.0 Å². The second kappa shape index (κ2) is 7.44. The average molecular weight is 349 g/mol. The van der Waals surface area contributed by atoms with Crippen molar-refractivity contribution in [3.63, 3.8) is 0 Å². The predicted molar refractivity (Wildman–Crippen MR) is 93.1 cm³/mol. The number of carbonyl (C=O) groups excluding carboxylic acids is 1. The van der Waals surface area contributed by atoms with E-state index in [1.165, 1.54) is 0 Å². The summed E-state index contributed by atoms with van der Waals surface area (Å²) in [6.45, 7) is 3.02. The van der Waals surface area contributed by atoms with Crippen LogP contribution in [0.2, 0.25) is 0 Å². The summed E-state index contributed by atoms with van der Waals surface area (Å²) in [5.41, 5.74) is 0.910. The molecule has 2 saturated heterocycles. The van der Waals surface area contributed by atoms with E-state index < -0.39 is 9.84 Å². The second-order valence-corrected chi connectivity index (χ2v) is 8.67. The highest BCUT2D eigenvalue weighted by Gasteiger charge is 2.30. The fraction of sp³-hybridized carbons (Fsp3) is 0.529. The first-order chi connectivity index (χ1) is 11.5. The van der Waals surface area contributed by atoms with Gasteiger partial charge < -0.3 is 4.90 Å². The summed E-state index contributed by atoms with van der Waals surface area (Å²) in [6.07, 6.45) is 8.25. The molecule has 2 aliphatic rings. The molecule has 6 nitrogen and oxygen atoms in total. The van der Waals surface area contributed by atoms with Crippen LogP contribution in [-0.2, 0) is 14.6 Å². The van der Waals surface area contributed by atoms with Gasteiger partial charge in [-0.3, -0.25) is 14.7 Å². The van der Waals surface area contributed by atoms with E-state index in [-0.39, 0.29) is 5.91 Å². The molecule has 0 N–H and O–H groups in total. The Balaban J connectivity index is 1.48. The Morgan fingerprint density at radius 2 is 1.88 bits per heavy atom. The first-order valence-electron chi connectivity index (χ1n) is 8.35. The number of aromatic nitrogens is 1. The molecule has 0 aliphatic carbocycles. The minimum atomic E-state index is -2.82. The number of sulfone groups is 1. The molecule has 24 heavy (non-hydrogen) atoms. The Morgan fingerprint density at radius 1 is 1.17 bits per heavy atom. The lowest BCUT2D eigenvalue weighted by molar-refractivity contribution is -0.128. The van der Waals surface area contributed by atoms with Crippen LogP contribution in [0.25, 0.3) is 6.08 Å². The Hall–Kier alpha value is -1.73. The zero-order chi connectivity index (χ0) is 17.0. The number of carbonyl (C=O) groups is 1. The molecule has 1 aromatic heterocycles. The van der Waals surface area contributed by atoms with Gasteiger partial charge in [0.1, 0.15) is 9.84 Å². The topological polar surface area (TPSA) is 70.6 Å². The van der Waals surface area contributed by atoms with E-state index in [2.05, 4.69) is 9.88 Å². The van der Waals surface area contributed by atoms with Crippen LogP contribution in [0.15, 0.2) is 30.6 Å². The quantitative estimate of drug-likeness (QED) is 0.756. The van der Waals surface area contributed by atoms with Crippen molar-refractivity contribution in [1.82, 2.24) is 14.8 Å². The number of piperazine rings is 1. The molecule has 0 aromatic carbocycles. The maximum absolute atomic E-state index is 12.3. The molecule has 1 amide bonds. The van der Waals surface area contributed by atoms with Gasteiger partial charge in [0.15, 0.2) is 0 Å². The average Bonchev–Trinajstić information content (AvgIpc) is 2.61. The number of hydrogen-bond acceptors (Lipinski definition) is 5. The second-order valence-electron chi connectivity index (χ2n) is 6.36. The molecule has 0 atom stereocenters. The number of nitrogens with zero attached hydrogens (tertiary/aromatic N) is 3. The van der Waals surface area contributed by atoms with Crippen LogP contribution < -0.4 is 0 Å². The maximum atomic E-state index is 12.3. The third kappa shape index (κ3) is 4.42. The standard InChI is InChI=1S/C17H23N3O3S/c21-17(4-3-15-2-1-7-18-14-15)20-10-8-19(9-11-20)16-5-12-24(22,23)13-6-16/h1-4,7,14,16H,5-6,8-13H2/b4-3-. The number of pyridine rings is 1. The highest BCUT2D eigenvalue weighted by atomic mass is 32.2. The van der Waals surface area contributed by atoms with Crippen molar-refractivity contribution in [2.75, 3.05) is 37.7 Å². The molecule has 7 heteroatoms. The predicted octanol–water partition coefficient (Wildman–Crippen LogP) is 0.816. The largest absolute Gasteiger partial charge is 0.337 e. The van der Waals surface area contributed by atoms with Crippen LogP contribution in [0, 0.1) is 0 Å². The van der Waals surface area contributed by atoms with E-state index >= 15 is 0 Å². The lowest BCUT2D eigenvalue weighted by atomic mass is 10.1. The minimum absolute atomic E-state index is 0.0183. The Labute approximate surface area is 143 Å². The summed E-state index contributed by atoms with van der Waals surface area (Å²) in [6, 6.07) is 4.09. The number of hydrogen-bond donors (Lipinski definition) is 0. The molecule has 1 aromatic rings. The SMILES string of the molecule is O=C(/C=C\c1cccnc1)N1CCN(C2CCS(=O)(=O)CC2)CC1. The molecule has 3 rings (SSSR count). The Bertz CT molecular complexity index is 681. The van der Waals surface area contributed by atoms with Crippen LogP contribution in [0.1, 0.15) is 18.4 Å². The fourth-order valence-corrected chi connectivity index (χ4v) is 4.76. The third-order valence-electron chi connectivity index (χ3n) is 4.77. The summed E-state index contributed by atoms with van der Waals surface area (Å²) in [7, 11) is -2.82. The number of amides is 1. The molecular weight excluding hydrogens is 326 g/mol. The lowest BCUT2D eigenvalue weighted by Crippen LogP contribution is -2.53. The van der Waals surface area contributed by atoms with Gasteiger partial charge in [0.25, 0.3) is 0 Å². The molecule has 2 aliphatic heterocycles. The highest BCUT2D eigenvalue weighted by Crippen LogP contribution is 2.19. The first-order valence-corrected chi connectivity index (χ1v) is 10.2. The molecule has 130 valence electrons. The van der Waals surface area contributed by atoms with Crippen molar-refractivity contribution in [2.24, 2.45) is 0 Å². The van der Waals surface area contributed by atoms with Crippen LogP contribution >= 0.6 is 0 Å². The van der Waals surface area contributed by atoms with Gasteiger partial charge in [-0.25, -0.2) is 8.42 Å². The summed E-state index contributed by atoms with van der Waals surface area (Å²) in [5, 5.41) is 0. The lowest BCUT2D eigenvalue weighted by Gasteiger charge is -2.40. The normalized spacial score (nSPS) is 22.8. The van der Waals surface area contributed by atoms with Crippen LogP contribution in [-0.4, -0.2) is 72.8 Å². The van der Waals surface area contributed by atoms with Crippen LogP contribution in [0.3, 0.4) is 0 Å². The van der Waals surface area contributed by atoms with E-state index in [4.69, 9.17) is 0 Å². The Kier molecular flexibility index (Phi) is 5.30. The van der Waals surface area contributed by atoms with Crippen molar-refractivity contribution < 1.29 is 13.2 Å². The van der Waals surface area contributed by atoms with Gasteiger partial charge in [0.05, 0.1) is 11.5 Å². The van der Waals surface area contributed by atoms with Crippen molar-refractivity contribution in [3.8, 4) is 0 Å². The summed E-state index contributed by atoms with van der Waals surface area (Å²) in [5.74, 6) is 0.611. The van der Waals surface area contributed by atoms with Gasteiger partial charge in [-0.2, -0.15) is 0 Å². The zero-order valence-electron chi connectivity index (χ0n) is 13.7. The van der Waals surface area contributed by atoms with Gasteiger partial charge in [0.2, 0.25) is 5.91 Å². The van der Waals surface area contributed by atoms with Crippen LogP contribution in [0.4, 0.5) is 0 Å². The van der Waals surface area contributed by atoms with Crippen molar-refractivity contribution in [2.45, 2.75) is 18.9 Å². The van der Waals surface area contributed by atoms with Gasteiger partial charge in [-0.15, -0.1) is 0 Å². The van der Waals surface area contributed by atoms with Crippen molar-refractivity contribution in [3.05, 3.63) is 36.2 Å². The Morgan fingerprint density at radius 3 is 2.50 bits per heavy atom. The van der Waals surface area contributed by atoms with Gasteiger partial charge in [0, 0.05) is 50.7 Å². The monoisotopic (exact) mass is 349 g/mol. The summed E-state index contributed by atoms with van der Waals surface area (Å²) >= 11 is 0. The molecule has 0 bridgehead atoms. The summed E-state index contributed by atoms with van der Waals surface area (Å²) < 4.78 is 23.1. The molecular formula is C17H23N3O3S. The van der Waals surface area contributed by atoms with Gasteiger partial charge in [-0.05, 0) is 30.5 Å². The zero-order valence-corrected chi connectivity index (χ0v) is 14.5. The van der Waals surface area contributed by atoms with E-state index in [0.717, 1.165) is 31.5 Å². The van der Waals surface area contributed by atoms with Crippen molar-refractivity contribution >= 4 is 21.8 Å². The molecule has 0 spiro atoms. The number of rotatable bonds is 3. The fourth-order valence-electron chi connectivity index (χ4n) is 3.30. The van der Waals surface area contributed by atoms with Gasteiger partial charge in [-0.1, -0.05) is 6.07 Å². The van der Waals surface area contributed by atoms with Crippen LogP contribution in [0.5, 0.6) is 0 Å². The molecule has 0 unspecified atom stereocenters. The van der Waals surface area contributed by atoms with Gasteiger partial charge >= 0.3 is 0 Å². The maximum Gasteiger partial charge on any atom is 0.246 e. The minimum Gasteiger partial charge on any atom is -0.337 e. The first kappa shape index (κ1) is 17.1. The molecule has 3 heterocycles.